The molecule has 1 amide bonds. The van der Waals surface area contributed by atoms with Gasteiger partial charge in [0, 0.05) is 10.2 Å². The summed E-state index contributed by atoms with van der Waals surface area (Å²) < 4.78 is 11.1. The van der Waals surface area contributed by atoms with Crippen molar-refractivity contribution in [3.8, 4) is 5.75 Å². The normalized spacial score (nSPS) is 10.0. The largest absolute Gasteiger partial charge is 0.484 e. The smallest absolute Gasteiger partial charge is 0.337 e. The second-order valence-electron chi connectivity index (χ2n) is 4.82. The molecule has 0 atom stereocenters. The number of benzene rings is 2. The molecule has 0 unspecified atom stereocenters. The van der Waals surface area contributed by atoms with E-state index in [0.717, 1.165) is 10.0 Å². The summed E-state index contributed by atoms with van der Waals surface area (Å²) in [5.74, 6) is -0.153. The molecule has 6 heteroatoms. The first-order valence-electron chi connectivity index (χ1n) is 6.87. The number of ether oxygens (including phenoxy) is 2. The van der Waals surface area contributed by atoms with E-state index >= 15 is 0 Å². The number of amides is 1. The molecule has 1 N–H and O–H groups in total. The third-order valence-corrected chi connectivity index (χ3v) is 3.96. The first kappa shape index (κ1) is 17.0. The number of carbonyl (C=O) groups is 2. The zero-order chi connectivity index (χ0) is 16.8. The number of hydrogen-bond donors (Lipinski definition) is 1. The Morgan fingerprint density at radius 1 is 1.17 bits per heavy atom. The molecule has 0 heterocycles. The number of nitrogens with one attached hydrogen (secondary N) is 1. The molecule has 2 aromatic rings. The molecular formula is C17H16BrNO4. The van der Waals surface area contributed by atoms with Gasteiger partial charge in [-0.1, -0.05) is 22.0 Å². The van der Waals surface area contributed by atoms with Gasteiger partial charge in [-0.2, -0.15) is 0 Å². The molecule has 0 saturated heterocycles. The van der Waals surface area contributed by atoms with Crippen LogP contribution in [-0.2, 0) is 9.53 Å². The number of carbonyl (C=O) groups excluding carboxylic acids is 2. The summed E-state index contributed by atoms with van der Waals surface area (Å²) >= 11 is 3.41. The van der Waals surface area contributed by atoms with Gasteiger partial charge in [-0.3, -0.25) is 4.79 Å². The molecule has 0 aliphatic rings. The lowest BCUT2D eigenvalue weighted by Crippen LogP contribution is -2.20. The topological polar surface area (TPSA) is 64.6 Å². The summed E-state index contributed by atoms with van der Waals surface area (Å²) in [6.45, 7) is 1.82. The number of anilines is 1. The Labute approximate surface area is 142 Å². The molecule has 23 heavy (non-hydrogen) atoms. The third kappa shape index (κ3) is 4.82. The van der Waals surface area contributed by atoms with Crippen LogP contribution < -0.4 is 10.1 Å². The van der Waals surface area contributed by atoms with Crippen LogP contribution in [0.4, 0.5) is 5.69 Å². The molecule has 0 bridgehead atoms. The number of aryl methyl sites for hydroxylation is 1. The van der Waals surface area contributed by atoms with E-state index in [2.05, 4.69) is 26.0 Å². The fourth-order valence-corrected chi connectivity index (χ4v) is 2.14. The van der Waals surface area contributed by atoms with Crippen LogP contribution in [0.3, 0.4) is 0 Å². The SMILES string of the molecule is COC(=O)c1cccc(NC(=O)COc2ccc(Br)c(C)c2)c1. The molecular weight excluding hydrogens is 362 g/mol. The standard InChI is InChI=1S/C17H16BrNO4/c1-11-8-14(6-7-15(11)18)23-10-16(20)19-13-5-3-4-12(9-13)17(21)22-2/h3-9H,10H2,1-2H3,(H,19,20). The third-order valence-electron chi connectivity index (χ3n) is 3.07. The lowest BCUT2D eigenvalue weighted by molar-refractivity contribution is -0.118. The highest BCUT2D eigenvalue weighted by Crippen LogP contribution is 2.21. The van der Waals surface area contributed by atoms with Crippen molar-refractivity contribution in [2.24, 2.45) is 0 Å². The van der Waals surface area contributed by atoms with Crippen LogP contribution in [0, 0.1) is 6.92 Å². The Kier molecular flexibility index (Phi) is 5.76. The zero-order valence-electron chi connectivity index (χ0n) is 12.8. The summed E-state index contributed by atoms with van der Waals surface area (Å²) in [4.78, 5) is 23.4. The van der Waals surface area contributed by atoms with Crippen molar-refractivity contribution in [3.63, 3.8) is 0 Å². The van der Waals surface area contributed by atoms with Gasteiger partial charge in [-0.15, -0.1) is 0 Å². The summed E-state index contributed by atoms with van der Waals surface area (Å²) in [7, 11) is 1.31. The average molecular weight is 378 g/mol. The molecule has 0 aromatic heterocycles. The predicted octanol–water partition coefficient (Wildman–Crippen LogP) is 3.56. The first-order chi connectivity index (χ1) is 11.0. The lowest BCUT2D eigenvalue weighted by atomic mass is 10.2. The van der Waals surface area contributed by atoms with Crippen LogP contribution in [0.25, 0.3) is 0 Å². The van der Waals surface area contributed by atoms with E-state index in [0.29, 0.717) is 17.0 Å². The minimum absolute atomic E-state index is 0.122. The highest BCUT2D eigenvalue weighted by molar-refractivity contribution is 9.10. The fraction of sp³-hybridized carbons (Fsp3) is 0.176. The second-order valence-corrected chi connectivity index (χ2v) is 5.67. The van der Waals surface area contributed by atoms with E-state index < -0.39 is 5.97 Å². The molecule has 120 valence electrons. The number of rotatable bonds is 5. The van der Waals surface area contributed by atoms with Gasteiger partial charge in [-0.05, 0) is 48.9 Å². The van der Waals surface area contributed by atoms with Gasteiger partial charge in [0.15, 0.2) is 6.61 Å². The molecule has 5 nitrogen and oxygen atoms in total. The van der Waals surface area contributed by atoms with E-state index in [-0.39, 0.29) is 12.5 Å². The first-order valence-corrected chi connectivity index (χ1v) is 7.66. The average Bonchev–Trinajstić information content (AvgIpc) is 2.55. The van der Waals surface area contributed by atoms with Gasteiger partial charge in [0.05, 0.1) is 12.7 Å². The van der Waals surface area contributed by atoms with E-state index in [1.807, 2.05) is 19.1 Å². The monoisotopic (exact) mass is 377 g/mol. The second kappa shape index (κ2) is 7.78. The van der Waals surface area contributed by atoms with E-state index in [1.54, 1.807) is 30.3 Å². The van der Waals surface area contributed by atoms with Gasteiger partial charge in [0.2, 0.25) is 0 Å². The van der Waals surface area contributed by atoms with Crippen LogP contribution >= 0.6 is 15.9 Å². The Balaban J connectivity index is 1.94. The summed E-state index contributed by atoms with van der Waals surface area (Å²) in [6, 6.07) is 12.0. The maximum absolute atomic E-state index is 11.9. The molecule has 0 radical (unpaired) electrons. The predicted molar refractivity (Wildman–Crippen MR) is 90.8 cm³/mol. The van der Waals surface area contributed by atoms with E-state index in [4.69, 9.17) is 4.74 Å². The fourth-order valence-electron chi connectivity index (χ4n) is 1.89. The maximum Gasteiger partial charge on any atom is 0.337 e. The maximum atomic E-state index is 11.9. The summed E-state index contributed by atoms with van der Waals surface area (Å²) in [6.07, 6.45) is 0. The highest BCUT2D eigenvalue weighted by atomic mass is 79.9. The number of methoxy groups -OCH3 is 1. The molecule has 0 fully saturated rings. The van der Waals surface area contributed by atoms with E-state index in [9.17, 15) is 9.59 Å². The van der Waals surface area contributed by atoms with Crippen molar-refractivity contribution in [3.05, 3.63) is 58.1 Å². The molecule has 0 aliphatic heterocycles. The molecule has 2 rings (SSSR count). The lowest BCUT2D eigenvalue weighted by Gasteiger charge is -2.09. The minimum atomic E-state index is -0.456. The molecule has 0 aliphatic carbocycles. The Hall–Kier alpha value is -2.34. The van der Waals surface area contributed by atoms with Gasteiger partial charge in [0.25, 0.3) is 5.91 Å². The Morgan fingerprint density at radius 2 is 1.96 bits per heavy atom. The quantitative estimate of drug-likeness (QED) is 0.809. The van der Waals surface area contributed by atoms with Gasteiger partial charge < -0.3 is 14.8 Å². The molecule has 0 spiro atoms. The van der Waals surface area contributed by atoms with Gasteiger partial charge >= 0.3 is 5.97 Å². The van der Waals surface area contributed by atoms with Gasteiger partial charge in [-0.25, -0.2) is 4.79 Å². The number of halogens is 1. The van der Waals surface area contributed by atoms with Crippen molar-refractivity contribution in [2.75, 3.05) is 19.0 Å². The van der Waals surface area contributed by atoms with Crippen molar-refractivity contribution in [1.82, 2.24) is 0 Å². The summed E-state index contributed by atoms with van der Waals surface area (Å²) in [5, 5.41) is 2.68. The van der Waals surface area contributed by atoms with E-state index in [1.165, 1.54) is 7.11 Å². The minimum Gasteiger partial charge on any atom is -0.484 e. The van der Waals surface area contributed by atoms with Crippen molar-refractivity contribution in [2.45, 2.75) is 6.92 Å². The Bertz CT molecular complexity index is 730. The highest BCUT2D eigenvalue weighted by Gasteiger charge is 2.08. The van der Waals surface area contributed by atoms with Crippen LogP contribution in [0.1, 0.15) is 15.9 Å². The molecule has 2 aromatic carbocycles. The van der Waals surface area contributed by atoms with Crippen molar-refractivity contribution < 1.29 is 19.1 Å². The van der Waals surface area contributed by atoms with Gasteiger partial charge in [0.1, 0.15) is 5.75 Å². The molecule has 0 saturated carbocycles. The Morgan fingerprint density at radius 3 is 2.65 bits per heavy atom. The number of hydrogen-bond acceptors (Lipinski definition) is 4. The van der Waals surface area contributed by atoms with Crippen LogP contribution in [-0.4, -0.2) is 25.6 Å². The van der Waals surface area contributed by atoms with Crippen LogP contribution in [0.5, 0.6) is 5.75 Å². The van der Waals surface area contributed by atoms with Crippen LogP contribution in [0.15, 0.2) is 46.9 Å². The zero-order valence-corrected chi connectivity index (χ0v) is 14.3. The van der Waals surface area contributed by atoms with Crippen molar-refractivity contribution in [1.29, 1.82) is 0 Å². The summed E-state index contributed by atoms with van der Waals surface area (Å²) in [5.41, 5.74) is 1.90. The number of esters is 1. The van der Waals surface area contributed by atoms with Crippen LogP contribution in [0.2, 0.25) is 0 Å². The van der Waals surface area contributed by atoms with Crippen molar-refractivity contribution >= 4 is 33.5 Å².